The molecule has 1 aliphatic heterocycles. The van der Waals surface area contributed by atoms with Crippen LogP contribution in [0.25, 0.3) is 0 Å². The van der Waals surface area contributed by atoms with Gasteiger partial charge < -0.3 is 9.47 Å². The van der Waals surface area contributed by atoms with Gasteiger partial charge in [0.15, 0.2) is 11.5 Å². The maximum atomic E-state index is 5.66. The Balaban J connectivity index is 1.57. The summed E-state index contributed by atoms with van der Waals surface area (Å²) in [6, 6.07) is 6.39. The summed E-state index contributed by atoms with van der Waals surface area (Å²) in [6.07, 6.45) is 4.30. The zero-order valence-electron chi connectivity index (χ0n) is 10.3. The van der Waals surface area contributed by atoms with Crippen molar-refractivity contribution in [2.24, 2.45) is 17.8 Å². The molecule has 3 heteroatoms. The summed E-state index contributed by atoms with van der Waals surface area (Å²) in [5.74, 6) is 4.60. The third-order valence-electron chi connectivity index (χ3n) is 4.70. The minimum absolute atomic E-state index is 0.489. The standard InChI is InChI=1S/C15H17BrO2/c16-15(14-10-2-1-3-11(10)14)9-4-5-12-13(8-9)18-7-6-17-12/h4-5,8,10-11,14-15H,1-3,6-7H2. The lowest BCUT2D eigenvalue weighted by Gasteiger charge is -2.20. The summed E-state index contributed by atoms with van der Waals surface area (Å²) in [5, 5.41) is 0. The van der Waals surface area contributed by atoms with Crippen LogP contribution in [0.2, 0.25) is 0 Å². The van der Waals surface area contributed by atoms with Gasteiger partial charge >= 0.3 is 0 Å². The van der Waals surface area contributed by atoms with Crippen molar-refractivity contribution in [1.82, 2.24) is 0 Å². The minimum atomic E-state index is 0.489. The molecule has 0 aromatic heterocycles. The first-order valence-electron chi connectivity index (χ1n) is 6.88. The van der Waals surface area contributed by atoms with E-state index in [1.54, 1.807) is 0 Å². The van der Waals surface area contributed by atoms with E-state index in [4.69, 9.17) is 9.47 Å². The fourth-order valence-electron chi connectivity index (χ4n) is 3.76. The van der Waals surface area contributed by atoms with E-state index in [1.807, 2.05) is 0 Å². The van der Waals surface area contributed by atoms with Crippen molar-refractivity contribution >= 4 is 15.9 Å². The topological polar surface area (TPSA) is 18.5 Å². The van der Waals surface area contributed by atoms with Gasteiger partial charge in [-0.1, -0.05) is 28.4 Å². The Bertz CT molecular complexity index is 464. The van der Waals surface area contributed by atoms with Gasteiger partial charge in [0.25, 0.3) is 0 Å². The van der Waals surface area contributed by atoms with Crippen LogP contribution >= 0.6 is 15.9 Å². The molecule has 2 saturated carbocycles. The van der Waals surface area contributed by atoms with Gasteiger partial charge in [-0.25, -0.2) is 0 Å². The second-order valence-corrected chi connectivity index (χ2v) is 6.63. The highest BCUT2D eigenvalue weighted by molar-refractivity contribution is 9.09. The van der Waals surface area contributed by atoms with Crippen molar-refractivity contribution in [2.45, 2.75) is 24.1 Å². The maximum Gasteiger partial charge on any atom is 0.161 e. The molecule has 96 valence electrons. The van der Waals surface area contributed by atoms with Crippen molar-refractivity contribution in [2.75, 3.05) is 13.2 Å². The van der Waals surface area contributed by atoms with Crippen LogP contribution in [-0.2, 0) is 0 Å². The van der Waals surface area contributed by atoms with Crippen LogP contribution < -0.4 is 9.47 Å². The van der Waals surface area contributed by atoms with Crippen LogP contribution in [0.1, 0.15) is 29.7 Å². The number of hydrogen-bond donors (Lipinski definition) is 0. The Kier molecular flexibility index (Phi) is 2.58. The molecule has 0 amide bonds. The Labute approximate surface area is 116 Å². The lowest BCUT2D eigenvalue weighted by atomic mass is 10.0. The molecule has 3 unspecified atom stereocenters. The summed E-state index contributed by atoms with van der Waals surface area (Å²) < 4.78 is 11.2. The average molecular weight is 309 g/mol. The Morgan fingerprint density at radius 2 is 1.78 bits per heavy atom. The SMILES string of the molecule is BrC(c1ccc2c(c1)OCCO2)C1C2CCCC21. The van der Waals surface area contributed by atoms with Crippen molar-refractivity contribution in [1.29, 1.82) is 0 Å². The summed E-state index contributed by atoms with van der Waals surface area (Å²) in [5.41, 5.74) is 1.35. The second-order valence-electron chi connectivity index (χ2n) is 5.64. The van der Waals surface area contributed by atoms with E-state index in [1.165, 1.54) is 24.8 Å². The van der Waals surface area contributed by atoms with E-state index in [9.17, 15) is 0 Å². The summed E-state index contributed by atoms with van der Waals surface area (Å²) in [6.45, 7) is 1.33. The quantitative estimate of drug-likeness (QED) is 0.770. The Hall–Kier alpha value is -0.700. The van der Waals surface area contributed by atoms with Gasteiger partial charge in [-0.2, -0.15) is 0 Å². The van der Waals surface area contributed by atoms with Gasteiger partial charge in [0.05, 0.1) is 0 Å². The smallest absolute Gasteiger partial charge is 0.161 e. The van der Waals surface area contributed by atoms with Crippen LogP contribution in [0, 0.1) is 17.8 Å². The molecule has 2 aliphatic carbocycles. The molecule has 0 saturated heterocycles. The van der Waals surface area contributed by atoms with E-state index in [2.05, 4.69) is 34.1 Å². The van der Waals surface area contributed by atoms with Gasteiger partial charge in [-0.3, -0.25) is 0 Å². The van der Waals surface area contributed by atoms with E-state index in [-0.39, 0.29) is 0 Å². The number of alkyl halides is 1. The van der Waals surface area contributed by atoms with Crippen LogP contribution in [0.15, 0.2) is 18.2 Å². The van der Waals surface area contributed by atoms with Gasteiger partial charge in [-0.15, -0.1) is 0 Å². The van der Waals surface area contributed by atoms with Crippen molar-refractivity contribution in [3.63, 3.8) is 0 Å². The molecule has 1 heterocycles. The van der Waals surface area contributed by atoms with Gasteiger partial charge in [0, 0.05) is 4.83 Å². The Morgan fingerprint density at radius 1 is 1.06 bits per heavy atom. The molecule has 18 heavy (non-hydrogen) atoms. The number of rotatable bonds is 2. The molecule has 1 aromatic carbocycles. The minimum Gasteiger partial charge on any atom is -0.486 e. The molecule has 3 atom stereocenters. The molecule has 1 aromatic rings. The first-order chi connectivity index (χ1) is 8.84. The molecule has 2 nitrogen and oxygen atoms in total. The molecule has 4 rings (SSSR count). The molecule has 0 N–H and O–H groups in total. The van der Waals surface area contributed by atoms with E-state index < -0.39 is 0 Å². The first kappa shape index (κ1) is 11.2. The van der Waals surface area contributed by atoms with Crippen molar-refractivity contribution in [3.05, 3.63) is 23.8 Å². The number of halogens is 1. The molecular weight excluding hydrogens is 292 g/mol. The highest BCUT2D eigenvalue weighted by atomic mass is 79.9. The van der Waals surface area contributed by atoms with Crippen LogP contribution in [0.3, 0.4) is 0 Å². The fraction of sp³-hybridized carbons (Fsp3) is 0.600. The number of ether oxygens (including phenoxy) is 2. The van der Waals surface area contributed by atoms with E-state index in [0.717, 1.165) is 29.3 Å². The van der Waals surface area contributed by atoms with Crippen LogP contribution in [0.5, 0.6) is 11.5 Å². The van der Waals surface area contributed by atoms with Crippen LogP contribution in [0.4, 0.5) is 0 Å². The number of fused-ring (bicyclic) bond motifs is 2. The lowest BCUT2D eigenvalue weighted by molar-refractivity contribution is 0.171. The summed E-state index contributed by atoms with van der Waals surface area (Å²) in [7, 11) is 0. The molecule has 3 aliphatic rings. The highest BCUT2D eigenvalue weighted by Crippen LogP contribution is 2.64. The predicted octanol–water partition coefficient (Wildman–Crippen LogP) is 3.94. The molecule has 0 radical (unpaired) electrons. The van der Waals surface area contributed by atoms with E-state index >= 15 is 0 Å². The molecule has 0 spiro atoms. The lowest BCUT2D eigenvalue weighted by Crippen LogP contribution is -2.15. The zero-order chi connectivity index (χ0) is 12.1. The third-order valence-corrected chi connectivity index (χ3v) is 5.83. The van der Waals surface area contributed by atoms with Gasteiger partial charge in [0.2, 0.25) is 0 Å². The first-order valence-corrected chi connectivity index (χ1v) is 7.80. The van der Waals surface area contributed by atoms with Gasteiger partial charge in [0.1, 0.15) is 13.2 Å². The largest absolute Gasteiger partial charge is 0.486 e. The summed E-state index contributed by atoms with van der Waals surface area (Å²) in [4.78, 5) is 0.489. The molecule has 0 bridgehead atoms. The Morgan fingerprint density at radius 3 is 2.56 bits per heavy atom. The number of hydrogen-bond acceptors (Lipinski definition) is 2. The molecular formula is C15H17BrO2. The fourth-order valence-corrected chi connectivity index (χ4v) is 4.83. The maximum absolute atomic E-state index is 5.66. The van der Waals surface area contributed by atoms with Crippen LogP contribution in [-0.4, -0.2) is 13.2 Å². The predicted molar refractivity (Wildman–Crippen MR) is 73.4 cm³/mol. The van der Waals surface area contributed by atoms with Crippen molar-refractivity contribution < 1.29 is 9.47 Å². The summed E-state index contributed by atoms with van der Waals surface area (Å²) >= 11 is 3.90. The monoisotopic (exact) mass is 308 g/mol. The third kappa shape index (κ3) is 1.67. The average Bonchev–Trinajstić information content (AvgIpc) is 2.90. The highest BCUT2D eigenvalue weighted by Gasteiger charge is 2.55. The van der Waals surface area contributed by atoms with Crippen molar-refractivity contribution in [3.8, 4) is 11.5 Å². The van der Waals surface area contributed by atoms with E-state index in [0.29, 0.717) is 18.0 Å². The molecule has 2 fully saturated rings. The van der Waals surface area contributed by atoms with Gasteiger partial charge in [-0.05, 0) is 48.3 Å². The number of benzene rings is 1. The normalized spacial score (nSPS) is 33.9. The zero-order valence-corrected chi connectivity index (χ0v) is 11.9. The second kappa shape index (κ2) is 4.16.